The van der Waals surface area contributed by atoms with Crippen LogP contribution in [0.1, 0.15) is 46.1 Å². The van der Waals surface area contributed by atoms with Gasteiger partial charge in [0.25, 0.3) is 0 Å². The number of amides is 1. The average Bonchev–Trinajstić information content (AvgIpc) is 2.40. The molecule has 3 N–H and O–H groups in total. The van der Waals surface area contributed by atoms with E-state index in [9.17, 15) is 22.4 Å². The molecule has 0 radical (unpaired) electrons. The second kappa shape index (κ2) is 8.08. The quantitative estimate of drug-likeness (QED) is 0.456. The van der Waals surface area contributed by atoms with Crippen LogP contribution in [-0.4, -0.2) is 23.3 Å². The minimum Gasteiger partial charge on any atom is -0.465 e. The number of rotatable bonds is 5. The van der Waals surface area contributed by atoms with Crippen molar-refractivity contribution >= 4 is 27.7 Å². The summed E-state index contributed by atoms with van der Waals surface area (Å²) in [7, 11) is 0. The normalized spacial score (nSPS) is 22.2. The highest BCUT2D eigenvalue weighted by Crippen LogP contribution is 2.45. The first-order valence-electron chi connectivity index (χ1n) is 9.02. The van der Waals surface area contributed by atoms with E-state index >= 15 is 0 Å². The molecule has 1 aliphatic carbocycles. The van der Waals surface area contributed by atoms with Crippen molar-refractivity contribution in [3.63, 3.8) is 0 Å². The maximum atomic E-state index is 13.9. The Morgan fingerprint density at radius 1 is 1.21 bits per heavy atom. The van der Waals surface area contributed by atoms with Gasteiger partial charge in [0.2, 0.25) is 0 Å². The Labute approximate surface area is 170 Å². The van der Waals surface area contributed by atoms with Crippen LogP contribution in [0.15, 0.2) is 16.6 Å². The molecule has 2 atom stereocenters. The van der Waals surface area contributed by atoms with Crippen molar-refractivity contribution < 1.29 is 27.5 Å². The van der Waals surface area contributed by atoms with E-state index in [1.54, 1.807) is 6.92 Å². The number of hydrogen-bond donors (Lipinski definition) is 3. The lowest BCUT2D eigenvalue weighted by atomic mass is 9.63. The molecule has 0 aromatic heterocycles. The number of carboxylic acid groups (broad SMARTS) is 1. The van der Waals surface area contributed by atoms with Crippen molar-refractivity contribution in [2.45, 2.75) is 58.8 Å². The second-order valence-corrected chi connectivity index (χ2v) is 9.44. The third-order valence-corrected chi connectivity index (χ3v) is 5.78. The molecule has 0 heterocycles. The van der Waals surface area contributed by atoms with Crippen LogP contribution in [0.3, 0.4) is 0 Å². The van der Waals surface area contributed by atoms with E-state index in [2.05, 4.69) is 26.6 Å². The zero-order valence-corrected chi connectivity index (χ0v) is 17.7. The molecular formula is C19H25BrF4N2O2. The highest BCUT2D eigenvalue weighted by Gasteiger charge is 2.44. The van der Waals surface area contributed by atoms with E-state index in [1.165, 1.54) is 6.07 Å². The molecule has 0 bridgehead atoms. The molecule has 0 saturated heterocycles. The number of anilines is 1. The van der Waals surface area contributed by atoms with Gasteiger partial charge < -0.3 is 15.7 Å². The molecule has 1 amide bonds. The van der Waals surface area contributed by atoms with Gasteiger partial charge in [-0.3, -0.25) is 0 Å². The van der Waals surface area contributed by atoms with E-state index < -0.39 is 23.7 Å². The maximum absolute atomic E-state index is 13.9. The highest BCUT2D eigenvalue weighted by molar-refractivity contribution is 9.10. The molecule has 0 aliphatic heterocycles. The van der Waals surface area contributed by atoms with Gasteiger partial charge in [0.1, 0.15) is 11.4 Å². The lowest BCUT2D eigenvalue weighted by Gasteiger charge is -2.47. The number of hydrogen-bond acceptors (Lipinski definition) is 2. The van der Waals surface area contributed by atoms with Crippen LogP contribution in [0.25, 0.3) is 0 Å². The molecule has 1 aromatic rings. The van der Waals surface area contributed by atoms with E-state index in [0.29, 0.717) is 12.8 Å². The number of nitrogens with one attached hydrogen (secondary N) is 2. The molecule has 1 saturated carbocycles. The third-order valence-electron chi connectivity index (χ3n) is 5.32. The molecule has 2 rings (SSSR count). The number of carbonyl (C=O) groups is 1. The van der Waals surface area contributed by atoms with Crippen molar-refractivity contribution in [1.82, 2.24) is 5.32 Å². The molecule has 1 unspecified atom stereocenters. The molecule has 4 nitrogen and oxygen atoms in total. The molecule has 1 aliphatic rings. The van der Waals surface area contributed by atoms with Gasteiger partial charge in [-0.25, -0.2) is 9.18 Å². The standard InChI is InChI=1S/C19H25BrF4N2O2/c1-9(10-5-11(6-10)16(18(2,3)4)26-17(27)28)25-14-8-12(20)7-13(21)15(14)19(22,23)24/h7-11,16,25-26H,5-6H2,1-4H3,(H,27,28)/t9-,10?,11?,16?/m0/s1. The minimum atomic E-state index is -4.81. The largest absolute Gasteiger partial charge is 0.465 e. The van der Waals surface area contributed by atoms with Crippen LogP contribution in [0.5, 0.6) is 0 Å². The fourth-order valence-corrected chi connectivity index (χ4v) is 4.33. The van der Waals surface area contributed by atoms with Crippen molar-refractivity contribution in [3.8, 4) is 0 Å². The predicted octanol–water partition coefficient (Wildman–Crippen LogP) is 6.12. The topological polar surface area (TPSA) is 61.4 Å². The highest BCUT2D eigenvalue weighted by atomic mass is 79.9. The zero-order chi connectivity index (χ0) is 21.4. The van der Waals surface area contributed by atoms with Gasteiger partial charge in [0, 0.05) is 16.6 Å². The van der Waals surface area contributed by atoms with Crippen LogP contribution in [-0.2, 0) is 6.18 Å². The molecule has 158 valence electrons. The zero-order valence-electron chi connectivity index (χ0n) is 16.1. The molecule has 1 fully saturated rings. The summed E-state index contributed by atoms with van der Waals surface area (Å²) in [6.07, 6.45) is -4.55. The van der Waals surface area contributed by atoms with E-state index in [0.717, 1.165) is 6.07 Å². The Balaban J connectivity index is 2.10. The van der Waals surface area contributed by atoms with E-state index in [1.807, 2.05) is 20.8 Å². The summed E-state index contributed by atoms with van der Waals surface area (Å²) < 4.78 is 53.9. The molecular weight excluding hydrogens is 444 g/mol. The van der Waals surface area contributed by atoms with Gasteiger partial charge >= 0.3 is 12.3 Å². The van der Waals surface area contributed by atoms with Crippen molar-refractivity contribution in [3.05, 3.63) is 28.0 Å². The third kappa shape index (κ3) is 5.30. The summed E-state index contributed by atoms with van der Waals surface area (Å²) in [5.41, 5.74) is -1.88. The van der Waals surface area contributed by atoms with E-state index in [4.69, 9.17) is 5.11 Å². The first-order chi connectivity index (χ1) is 12.7. The van der Waals surface area contributed by atoms with Crippen LogP contribution in [0.4, 0.5) is 28.0 Å². The summed E-state index contributed by atoms with van der Waals surface area (Å²) in [6, 6.07) is 1.45. The smallest absolute Gasteiger partial charge is 0.421 e. The van der Waals surface area contributed by atoms with Gasteiger partial charge in [-0.05, 0) is 49.1 Å². The van der Waals surface area contributed by atoms with Gasteiger partial charge in [-0.1, -0.05) is 36.7 Å². The predicted molar refractivity (Wildman–Crippen MR) is 103 cm³/mol. The van der Waals surface area contributed by atoms with Gasteiger partial charge in [-0.15, -0.1) is 0 Å². The maximum Gasteiger partial charge on any atom is 0.421 e. The van der Waals surface area contributed by atoms with Crippen LogP contribution in [0.2, 0.25) is 0 Å². The fraction of sp³-hybridized carbons (Fsp3) is 0.632. The Morgan fingerprint density at radius 2 is 1.79 bits per heavy atom. The number of halogens is 5. The first-order valence-corrected chi connectivity index (χ1v) is 9.81. The molecule has 1 aromatic carbocycles. The molecule has 9 heteroatoms. The lowest BCUT2D eigenvalue weighted by Crippen LogP contribution is -2.53. The van der Waals surface area contributed by atoms with Crippen LogP contribution >= 0.6 is 15.9 Å². The first kappa shape index (κ1) is 22.8. The fourth-order valence-electron chi connectivity index (χ4n) is 3.90. The number of benzene rings is 1. The van der Waals surface area contributed by atoms with Crippen molar-refractivity contribution in [1.29, 1.82) is 0 Å². The summed E-state index contributed by atoms with van der Waals surface area (Å²) in [6.45, 7) is 7.60. The van der Waals surface area contributed by atoms with Crippen molar-refractivity contribution in [2.75, 3.05) is 5.32 Å². The Kier molecular flexibility index (Phi) is 6.57. The summed E-state index contributed by atoms with van der Waals surface area (Å²) in [5.74, 6) is -1.17. The lowest BCUT2D eigenvalue weighted by molar-refractivity contribution is -0.139. The average molecular weight is 469 g/mol. The summed E-state index contributed by atoms with van der Waals surface area (Å²) in [5, 5.41) is 14.5. The van der Waals surface area contributed by atoms with E-state index in [-0.39, 0.29) is 39.5 Å². The van der Waals surface area contributed by atoms with Gasteiger partial charge in [0.05, 0.1) is 5.69 Å². The second-order valence-electron chi connectivity index (χ2n) is 8.53. The Bertz CT molecular complexity index is 728. The Morgan fingerprint density at radius 3 is 2.25 bits per heavy atom. The summed E-state index contributed by atoms with van der Waals surface area (Å²) in [4.78, 5) is 11.1. The Hall–Kier alpha value is -1.51. The molecule has 0 spiro atoms. The number of alkyl halides is 3. The monoisotopic (exact) mass is 468 g/mol. The minimum absolute atomic E-state index is 0.0635. The van der Waals surface area contributed by atoms with Crippen molar-refractivity contribution in [2.24, 2.45) is 17.3 Å². The SMILES string of the molecule is C[C@H](Nc1cc(Br)cc(F)c1C(F)(F)F)C1CC(C(NC(=O)O)C(C)(C)C)C1. The van der Waals surface area contributed by atoms with Gasteiger partial charge in [0.15, 0.2) is 0 Å². The van der Waals surface area contributed by atoms with Crippen LogP contribution in [0, 0.1) is 23.1 Å². The van der Waals surface area contributed by atoms with Gasteiger partial charge in [-0.2, -0.15) is 13.2 Å². The summed E-state index contributed by atoms with van der Waals surface area (Å²) >= 11 is 3.03. The van der Waals surface area contributed by atoms with Crippen LogP contribution < -0.4 is 10.6 Å². The molecule has 28 heavy (non-hydrogen) atoms.